The van der Waals surface area contributed by atoms with Gasteiger partial charge in [-0.05, 0) is 58.5 Å². The minimum Gasteiger partial charge on any atom is -0.426 e. The number of hydrogen-bond acceptors (Lipinski definition) is 5. The highest BCUT2D eigenvalue weighted by molar-refractivity contribution is 6.23. The predicted octanol–water partition coefficient (Wildman–Crippen LogP) is 5.60. The molecule has 44 heavy (non-hydrogen) atoms. The molecule has 2 bridgehead atoms. The third-order valence-corrected chi connectivity index (χ3v) is 9.86. The molecule has 4 aromatic carbocycles. The smallest absolute Gasteiger partial charge is 0.316 e. The standard InChI is InChI=1S/C37H30N2O5/c1-2-21-14-16-23(17-15-21)38-20-22(18-30(38)40)37(43)44-25-9-7-8-24(19-25)39-35(41)33-31-26-10-3-4-11-27(26)32(34(33)36(39)42)29-13-6-5-12-28(29)31/h3-17,19,22,31-34H,2,18,20H2,1H3/t22-,31?,32?,33-,34+/m1/s1. The maximum absolute atomic E-state index is 14.1. The third-order valence-electron chi connectivity index (χ3n) is 9.86. The second-order valence-corrected chi connectivity index (χ2v) is 12.1. The minimum atomic E-state index is -0.623. The van der Waals surface area contributed by atoms with E-state index in [1.165, 1.54) is 10.5 Å². The maximum Gasteiger partial charge on any atom is 0.316 e. The summed E-state index contributed by atoms with van der Waals surface area (Å²) in [5.41, 5.74) is 6.78. The number of nitrogens with zero attached hydrogens (tertiary/aromatic N) is 2. The van der Waals surface area contributed by atoms with Crippen molar-refractivity contribution in [3.8, 4) is 5.75 Å². The first-order chi connectivity index (χ1) is 21.4. The van der Waals surface area contributed by atoms with Gasteiger partial charge < -0.3 is 9.64 Å². The molecular formula is C37H30N2O5. The summed E-state index contributed by atoms with van der Waals surface area (Å²) in [5.74, 6) is -2.87. The largest absolute Gasteiger partial charge is 0.426 e. The van der Waals surface area contributed by atoms with Crippen LogP contribution in [-0.4, -0.2) is 30.2 Å². The summed E-state index contributed by atoms with van der Waals surface area (Å²) < 4.78 is 5.75. The maximum atomic E-state index is 14.1. The van der Waals surface area contributed by atoms with E-state index in [0.717, 1.165) is 34.4 Å². The predicted molar refractivity (Wildman–Crippen MR) is 164 cm³/mol. The quantitative estimate of drug-likeness (QED) is 0.174. The van der Waals surface area contributed by atoms with E-state index in [1.54, 1.807) is 29.2 Å². The van der Waals surface area contributed by atoms with Crippen LogP contribution in [0.15, 0.2) is 97.1 Å². The monoisotopic (exact) mass is 582 g/mol. The van der Waals surface area contributed by atoms with Gasteiger partial charge in [-0.15, -0.1) is 0 Å². The van der Waals surface area contributed by atoms with Gasteiger partial charge in [-0.2, -0.15) is 0 Å². The zero-order valence-electron chi connectivity index (χ0n) is 24.2. The van der Waals surface area contributed by atoms with Gasteiger partial charge in [0, 0.05) is 36.6 Å². The normalized spacial score (nSPS) is 24.8. The number of anilines is 2. The summed E-state index contributed by atoms with van der Waals surface area (Å²) in [4.78, 5) is 57.1. The van der Waals surface area contributed by atoms with Crippen molar-refractivity contribution in [2.24, 2.45) is 17.8 Å². The highest BCUT2D eigenvalue weighted by Crippen LogP contribution is 2.61. The number of ether oxygens (including phenoxy) is 1. The van der Waals surface area contributed by atoms with Crippen LogP contribution in [0.3, 0.4) is 0 Å². The molecule has 2 heterocycles. The van der Waals surface area contributed by atoms with E-state index in [0.29, 0.717) is 5.69 Å². The van der Waals surface area contributed by atoms with Crippen LogP contribution in [-0.2, 0) is 25.6 Å². The summed E-state index contributed by atoms with van der Waals surface area (Å²) in [6.07, 6.45) is 0.963. The van der Waals surface area contributed by atoms with Crippen LogP contribution < -0.4 is 14.5 Å². The molecule has 0 spiro atoms. The summed E-state index contributed by atoms with van der Waals surface area (Å²) in [6.45, 7) is 2.31. The molecule has 2 fully saturated rings. The van der Waals surface area contributed by atoms with E-state index in [9.17, 15) is 19.2 Å². The Labute approximate surface area is 255 Å². The average molecular weight is 583 g/mol. The summed E-state index contributed by atoms with van der Waals surface area (Å²) >= 11 is 0. The number of carbonyl (C=O) groups excluding carboxylic acids is 4. The lowest BCUT2D eigenvalue weighted by molar-refractivity contribution is -0.139. The van der Waals surface area contributed by atoms with E-state index in [1.807, 2.05) is 48.5 Å². The number of benzene rings is 4. The zero-order chi connectivity index (χ0) is 30.1. The lowest BCUT2D eigenvalue weighted by Crippen LogP contribution is -2.41. The Morgan fingerprint density at radius 1 is 0.727 bits per heavy atom. The molecule has 0 aromatic heterocycles. The molecule has 0 N–H and O–H groups in total. The summed E-state index contributed by atoms with van der Waals surface area (Å²) in [5, 5.41) is 0. The van der Waals surface area contributed by atoms with Crippen LogP contribution in [0.2, 0.25) is 0 Å². The Morgan fingerprint density at radius 2 is 1.30 bits per heavy atom. The van der Waals surface area contributed by atoms with E-state index in [-0.39, 0.29) is 48.3 Å². The molecule has 3 amide bonds. The number of aryl methyl sites for hydroxylation is 1. The van der Waals surface area contributed by atoms with Gasteiger partial charge >= 0.3 is 5.97 Å². The van der Waals surface area contributed by atoms with Gasteiger partial charge in [0.05, 0.1) is 23.4 Å². The Kier molecular flexibility index (Phi) is 6.05. The molecule has 7 nitrogen and oxygen atoms in total. The molecule has 5 aliphatic rings. The van der Waals surface area contributed by atoms with Crippen molar-refractivity contribution < 1.29 is 23.9 Å². The average Bonchev–Trinajstić information content (AvgIpc) is 3.58. The van der Waals surface area contributed by atoms with Gasteiger partial charge in [0.2, 0.25) is 17.7 Å². The zero-order valence-corrected chi connectivity index (χ0v) is 24.2. The molecule has 3 atom stereocenters. The molecule has 7 heteroatoms. The molecule has 218 valence electrons. The molecule has 2 saturated heterocycles. The van der Waals surface area contributed by atoms with Gasteiger partial charge in [0.25, 0.3) is 0 Å². The lowest BCUT2D eigenvalue weighted by Gasteiger charge is -2.45. The van der Waals surface area contributed by atoms with Crippen LogP contribution in [0.25, 0.3) is 0 Å². The highest BCUT2D eigenvalue weighted by atomic mass is 16.5. The van der Waals surface area contributed by atoms with E-state index in [4.69, 9.17) is 4.74 Å². The van der Waals surface area contributed by atoms with Crippen molar-refractivity contribution in [3.05, 3.63) is 125 Å². The van der Waals surface area contributed by atoms with Gasteiger partial charge in [-0.25, -0.2) is 4.90 Å². The molecule has 3 aliphatic carbocycles. The van der Waals surface area contributed by atoms with Crippen molar-refractivity contribution in [1.29, 1.82) is 0 Å². The second-order valence-electron chi connectivity index (χ2n) is 12.1. The van der Waals surface area contributed by atoms with Crippen molar-refractivity contribution in [2.75, 3.05) is 16.3 Å². The fraction of sp³-hybridized carbons (Fsp3) is 0.243. The van der Waals surface area contributed by atoms with Crippen molar-refractivity contribution in [1.82, 2.24) is 0 Å². The minimum absolute atomic E-state index is 0.0599. The van der Waals surface area contributed by atoms with Crippen LogP contribution >= 0.6 is 0 Å². The van der Waals surface area contributed by atoms with Crippen LogP contribution in [0.5, 0.6) is 5.75 Å². The third kappa shape index (κ3) is 3.88. The SMILES string of the molecule is CCc1ccc(N2C[C@H](C(=O)Oc3cccc(N4C(=O)[C@@H]5C6c7ccccc7C(c7ccccc76)[C@@H]5C4=O)c3)CC2=O)cc1. The fourth-order valence-corrected chi connectivity index (χ4v) is 7.84. The van der Waals surface area contributed by atoms with Gasteiger partial charge in [-0.3, -0.25) is 19.2 Å². The van der Waals surface area contributed by atoms with Crippen LogP contribution in [0.4, 0.5) is 11.4 Å². The van der Waals surface area contributed by atoms with Crippen LogP contribution in [0.1, 0.15) is 53.0 Å². The van der Waals surface area contributed by atoms with Gasteiger partial charge in [0.15, 0.2) is 0 Å². The number of amides is 3. The first kappa shape index (κ1) is 26.6. The summed E-state index contributed by atoms with van der Waals surface area (Å²) in [7, 11) is 0. The van der Waals surface area contributed by atoms with Gasteiger partial charge in [0.1, 0.15) is 5.75 Å². The molecule has 0 unspecified atom stereocenters. The fourth-order valence-electron chi connectivity index (χ4n) is 7.84. The molecule has 0 radical (unpaired) electrons. The number of esters is 1. The van der Waals surface area contributed by atoms with Gasteiger partial charge in [-0.1, -0.05) is 73.7 Å². The Hall–Kier alpha value is -5.04. The van der Waals surface area contributed by atoms with E-state index in [2.05, 4.69) is 31.2 Å². The van der Waals surface area contributed by atoms with Crippen molar-refractivity contribution in [3.63, 3.8) is 0 Å². The number of carbonyl (C=O) groups is 4. The first-order valence-electron chi connectivity index (χ1n) is 15.2. The van der Waals surface area contributed by atoms with Crippen molar-refractivity contribution in [2.45, 2.75) is 31.6 Å². The summed E-state index contributed by atoms with van der Waals surface area (Å²) in [6, 6.07) is 30.6. The number of rotatable bonds is 5. The van der Waals surface area contributed by atoms with E-state index >= 15 is 0 Å². The highest BCUT2D eigenvalue weighted by Gasteiger charge is 2.61. The number of hydrogen-bond donors (Lipinski definition) is 0. The Bertz CT molecular complexity index is 1750. The lowest BCUT2D eigenvalue weighted by atomic mass is 9.55. The molecule has 9 rings (SSSR count). The van der Waals surface area contributed by atoms with Crippen molar-refractivity contribution >= 4 is 35.1 Å². The molecule has 0 saturated carbocycles. The Balaban J connectivity index is 1.04. The van der Waals surface area contributed by atoms with E-state index < -0.39 is 23.7 Å². The number of imide groups is 1. The second kappa shape index (κ2) is 10.0. The van der Waals surface area contributed by atoms with Crippen LogP contribution in [0, 0.1) is 17.8 Å². The topological polar surface area (TPSA) is 84.0 Å². The molecule has 4 aromatic rings. The first-order valence-corrected chi connectivity index (χ1v) is 15.2. The molecular weight excluding hydrogens is 552 g/mol. The molecule has 2 aliphatic heterocycles. The Morgan fingerprint density at radius 3 is 1.84 bits per heavy atom.